The van der Waals surface area contributed by atoms with Gasteiger partial charge in [-0.2, -0.15) is 34.5 Å². The minimum absolute atomic E-state index is 0. The Balaban J connectivity index is 0.000000173. The number of aldehydes is 1. The van der Waals surface area contributed by atoms with E-state index in [0.29, 0.717) is 34.9 Å². The summed E-state index contributed by atoms with van der Waals surface area (Å²) in [5, 5.41) is 80.2. The van der Waals surface area contributed by atoms with E-state index in [-0.39, 0.29) is 102 Å². The van der Waals surface area contributed by atoms with Gasteiger partial charge in [-0.15, -0.1) is 6.20 Å². The smallest absolute Gasteiger partial charge is 0.813 e. The Morgan fingerprint density at radius 3 is 1.27 bits per heavy atom. The topological polar surface area (TPSA) is 593 Å². The summed E-state index contributed by atoms with van der Waals surface area (Å²) in [6.07, 6.45) is 20.9. The van der Waals surface area contributed by atoms with Gasteiger partial charge in [-0.1, -0.05) is 40.3 Å². The number of thiol groups is 1. The molecule has 7 N–H and O–H groups in total. The Morgan fingerprint density at radius 2 is 0.879 bits per heavy atom. The van der Waals surface area contributed by atoms with E-state index in [2.05, 4.69) is 180 Å². The second kappa shape index (κ2) is 49.0. The Kier molecular flexibility index (Phi) is 37.5. The van der Waals surface area contributed by atoms with E-state index in [1.165, 1.54) is 0 Å². The summed E-state index contributed by atoms with van der Waals surface area (Å²) in [5.41, 5.74) is 18.2. The van der Waals surface area contributed by atoms with Crippen LogP contribution in [0.4, 0.5) is 40.6 Å². The Hall–Kier alpha value is -13.6. The number of aromatic nitrogens is 12. The zero-order valence-corrected chi connectivity index (χ0v) is 83.2. The molecule has 6 fully saturated rings. The number of hydrogen-bond acceptors (Lipinski definition) is 29. The van der Waals surface area contributed by atoms with Crippen LogP contribution in [0.15, 0.2) is 245 Å². The molecule has 12 aromatic rings. The number of hydrogen-bond donors (Lipinski definition) is 5. The largest absolute Gasteiger partial charge is 1.00 e. The van der Waals surface area contributed by atoms with E-state index >= 15 is 0 Å². The number of alkyl carbamates (subject to hydrolysis) is 2. The number of ether oxygens (including phenoxy) is 5. The Morgan fingerprint density at radius 1 is 0.518 bits per heavy atom. The van der Waals surface area contributed by atoms with Crippen molar-refractivity contribution >= 4 is 135 Å². The van der Waals surface area contributed by atoms with Gasteiger partial charge in [0.05, 0.1) is 116 Å². The molecule has 54 heteroatoms. The Bertz CT molecular complexity index is 6740. The van der Waals surface area contributed by atoms with Gasteiger partial charge in [0.15, 0.2) is 11.3 Å². The third-order valence-electron chi connectivity index (χ3n) is 23.4. The number of benzene rings is 3. The fraction of sp³-hybridized carbons (Fsp3) is 0.414. The number of nitrogens with zero attached hydrogens (tertiary/aromatic N) is 33. The van der Waals surface area contributed by atoms with Crippen LogP contribution in [-0.2, 0) is 42.0 Å². The number of imidazole rings is 3. The number of anilines is 3. The predicted molar refractivity (Wildman–Crippen MR) is 507 cm³/mol. The quantitative estimate of drug-likeness (QED) is 0.00876. The summed E-state index contributed by atoms with van der Waals surface area (Å²) in [6.45, 7) is 24.4. The minimum atomic E-state index is -4.64. The van der Waals surface area contributed by atoms with E-state index < -0.39 is 29.8 Å². The van der Waals surface area contributed by atoms with Crippen molar-refractivity contribution in [2.75, 3.05) is 73.8 Å². The third kappa shape index (κ3) is 27.6. The number of nitrogens with one attached hydrogen (secondary N) is 3. The zero-order valence-electron chi connectivity index (χ0n) is 78.0. The fourth-order valence-corrected chi connectivity index (χ4v) is 19.0. The number of rotatable bonds is 16. The van der Waals surface area contributed by atoms with Gasteiger partial charge in [0.2, 0.25) is 24.1 Å². The molecule has 3 aromatic carbocycles. The molecule has 6 aliphatic heterocycles. The standard InChI is InChI=1S/C30H33N7O3S.C25H25N7OS.C20H28N5O3.C10H5ClN2.C2HF3O.H3N17.Na.H2S/c1-19-25(35-28(38)40-29(2,3)4)30(18-39-19)8-12-36(13-9-30)27-34-17-24(26-33-11-14-37(26)27)41-23-7-10-32-22-6-5-20(16-31)15-21(22)23;1-16-22(27)25(15-33-16)5-9-31(10-6-25)24-30-14-21(23-29-8-11-32(23)24)34-20-4-7-28-19-3-2-17(13-26)12-18(19)20;1-14-16(23-18(26)28-19(2,3)4)20(13-27-14)6-10-24(11-7-20)17-22-8-5-15-21-9-12-25(15)17;11-9-3-4-13-10-2-1-7(6-12)5-8(9)10;3-2(4,5)1-6;1-3-5-7-9-11-13-15-17-16-14-12-10-8-6-4-2;;/h5-7,10-11,14-15,17,19,25H,8-9,12-13,18H2,1-4H3,(H,35,38);2-4,7-8,11-12,14,16,22H,5-6,9-10,15,27H2,1H3;8-9,12,14,16H,6-7,10-11,13H2,1-4H3,(H,23,26);1-5H;1H;(H3,1,2,5,6,9,10,13,14,17);;1H2/q;;-1;;;;+1;/p-1/t19-,25+;16-,22+;14-,16+;;;;;/m000...../s1. The van der Waals surface area contributed by atoms with Crippen molar-refractivity contribution in [2.24, 2.45) is 106 Å². The average Bonchev–Trinajstić information content (AvgIpc) is 1.65. The first-order valence-corrected chi connectivity index (χ1v) is 45.3. The molecular formula is C87H96ClF3N38NaO8S3-. The molecule has 9 aromatic heterocycles. The maximum Gasteiger partial charge on any atom is 1.00 e. The predicted octanol–water partition coefficient (Wildman–Crippen LogP) is 14.0. The van der Waals surface area contributed by atoms with Crippen LogP contribution in [-0.4, -0.2) is 189 Å². The molecule has 141 heavy (non-hydrogen) atoms. The van der Waals surface area contributed by atoms with Gasteiger partial charge in [0.25, 0.3) is 0 Å². The summed E-state index contributed by atoms with van der Waals surface area (Å²) >= 11 is 9.10. The molecule has 6 atom stereocenters. The molecule has 15 heterocycles. The summed E-state index contributed by atoms with van der Waals surface area (Å²) in [4.78, 5) is 85.3. The molecule has 0 unspecified atom stereocenters. The number of fused-ring (bicyclic) bond motifs is 6. The average molecular weight is 2010 g/mol. The summed E-state index contributed by atoms with van der Waals surface area (Å²) in [5.74, 6) is 7.20. The van der Waals surface area contributed by atoms with Gasteiger partial charge in [0, 0.05) is 156 Å². The monoisotopic (exact) mass is 2010 g/mol. The number of carbonyl (C=O) groups excluding carboxylic acids is 3. The van der Waals surface area contributed by atoms with E-state index in [9.17, 15) is 33.3 Å². The van der Waals surface area contributed by atoms with E-state index in [4.69, 9.17) is 66.6 Å². The second-order valence-corrected chi connectivity index (χ2v) is 37.0. The third-order valence-corrected chi connectivity index (χ3v) is 25.9. The number of carbonyl (C=O) groups is 3. The Labute approximate surface area is 846 Å². The maximum absolute atomic E-state index is 12.6. The second-order valence-electron chi connectivity index (χ2n) is 34.5. The van der Waals surface area contributed by atoms with Crippen LogP contribution in [0.1, 0.15) is 118 Å². The maximum atomic E-state index is 12.6. The van der Waals surface area contributed by atoms with Gasteiger partial charge in [0.1, 0.15) is 11.2 Å². The molecule has 730 valence electrons. The van der Waals surface area contributed by atoms with Crippen molar-refractivity contribution in [1.29, 1.82) is 21.3 Å². The van der Waals surface area contributed by atoms with Crippen molar-refractivity contribution in [1.82, 2.24) is 68.7 Å². The van der Waals surface area contributed by atoms with Crippen LogP contribution >= 0.6 is 35.1 Å². The SMILES string of the molecule is C[C@@H]1OCC2(CCN(c3nc[c-]c4nccn34)CC2)[C@@H]1NC(=O)OC(C)(C)C.C[C@@H]1OCC2(CCN(c3ncc(Sc4ccnc5ccc(C#N)cc45)c4nccn34)CC2)[C@@H]1N.C[C@@H]1OCC2(CCN(c3ncc(Sc4ccnc5ccc(C#N)cc45)c4nccn34)CC2)[C@@H]1NC(=O)OC(C)(C)C.N#Cc1ccc2nccc(Cl)c2c1.N=N/N=N/N=N/N=N/N=N/N=N/N=N/N=N/N.O=CC(F)(F)F.[Na+].[SH-]. The normalized spacial score (nSPS) is 19.2. The molecule has 0 aliphatic carbocycles. The van der Waals surface area contributed by atoms with Gasteiger partial charge >= 0.3 is 47.9 Å². The van der Waals surface area contributed by atoms with E-state index in [1.807, 2.05) is 138 Å². The summed E-state index contributed by atoms with van der Waals surface area (Å²) in [6, 6.07) is 31.4. The molecule has 0 saturated carbocycles. The summed E-state index contributed by atoms with van der Waals surface area (Å²) in [7, 11) is 0. The van der Waals surface area contributed by atoms with E-state index in [1.54, 1.807) is 97.1 Å². The molecule has 46 nitrogen and oxygen atoms in total. The van der Waals surface area contributed by atoms with Crippen molar-refractivity contribution in [3.05, 3.63) is 175 Å². The van der Waals surface area contributed by atoms with Crippen LogP contribution in [0.25, 0.3) is 49.7 Å². The van der Waals surface area contributed by atoms with E-state index in [0.717, 1.165) is 171 Å². The van der Waals surface area contributed by atoms with Crippen molar-refractivity contribution in [2.45, 2.75) is 174 Å². The van der Waals surface area contributed by atoms with Crippen LogP contribution in [0.3, 0.4) is 0 Å². The molecule has 3 spiro atoms. The molecule has 18 rings (SSSR count). The van der Waals surface area contributed by atoms with Crippen LogP contribution in [0.5, 0.6) is 0 Å². The molecule has 2 amide bonds. The number of pyridine rings is 3. The van der Waals surface area contributed by atoms with Crippen LogP contribution < -0.4 is 66.5 Å². The number of halogens is 4. The number of piperidine rings is 3. The zero-order chi connectivity index (χ0) is 99.1. The van der Waals surface area contributed by atoms with Gasteiger partial charge in [-0.3, -0.25) is 38.5 Å². The van der Waals surface area contributed by atoms with Crippen LogP contribution in [0, 0.1) is 61.8 Å². The van der Waals surface area contributed by atoms with Crippen molar-refractivity contribution in [3.63, 3.8) is 0 Å². The molecule has 0 bridgehead atoms. The molecule has 6 saturated heterocycles. The minimum Gasteiger partial charge on any atom is -0.813 e. The molecular weight excluding hydrogens is 1920 g/mol. The van der Waals surface area contributed by atoms with Gasteiger partial charge in [-0.25, -0.2) is 29.5 Å². The first-order valence-electron chi connectivity index (χ1n) is 43.3. The molecule has 0 radical (unpaired) electrons. The fourth-order valence-electron chi connectivity index (χ4n) is 16.8. The first kappa shape index (κ1) is 108. The van der Waals surface area contributed by atoms with Gasteiger partial charge in [-0.05, 0) is 252 Å². The molecule has 6 aliphatic rings. The first-order chi connectivity index (χ1) is 66.8. The van der Waals surface area contributed by atoms with Crippen LogP contribution in [0.2, 0.25) is 5.02 Å². The number of nitrogens with two attached hydrogens (primary N) is 2. The number of nitriles is 3. The van der Waals surface area contributed by atoms with Crippen molar-refractivity contribution < 1.29 is 80.8 Å². The number of amides is 2. The number of alkyl halides is 3. The van der Waals surface area contributed by atoms with Gasteiger partial charge < -0.3 is 84.6 Å². The summed E-state index contributed by atoms with van der Waals surface area (Å²) < 4.78 is 66.2. The van der Waals surface area contributed by atoms with Crippen molar-refractivity contribution in [3.8, 4) is 18.2 Å².